The SMILES string of the molecule is CNC(=O)c1ccc(NC2(C)CC2)c(N)c1. The molecular formula is C12H17N3O. The summed E-state index contributed by atoms with van der Waals surface area (Å²) in [5, 5.41) is 5.96. The van der Waals surface area contributed by atoms with Crippen molar-refractivity contribution in [3.8, 4) is 0 Å². The highest BCUT2D eigenvalue weighted by atomic mass is 16.1. The van der Waals surface area contributed by atoms with Gasteiger partial charge in [-0.2, -0.15) is 0 Å². The number of nitrogen functional groups attached to an aromatic ring is 1. The zero-order chi connectivity index (χ0) is 11.8. The Kier molecular flexibility index (Phi) is 2.50. The third-order valence-electron chi connectivity index (χ3n) is 2.98. The van der Waals surface area contributed by atoms with Crippen LogP contribution in [-0.4, -0.2) is 18.5 Å². The van der Waals surface area contributed by atoms with Crippen LogP contribution in [0.3, 0.4) is 0 Å². The van der Waals surface area contributed by atoms with Gasteiger partial charge in [0.2, 0.25) is 0 Å². The average Bonchev–Trinajstić information content (AvgIpc) is 2.98. The summed E-state index contributed by atoms with van der Waals surface area (Å²) >= 11 is 0. The maximum Gasteiger partial charge on any atom is 0.251 e. The van der Waals surface area contributed by atoms with Crippen molar-refractivity contribution in [2.75, 3.05) is 18.1 Å². The molecule has 0 atom stereocenters. The zero-order valence-corrected chi connectivity index (χ0v) is 9.63. The summed E-state index contributed by atoms with van der Waals surface area (Å²) in [5.41, 5.74) is 8.22. The molecule has 1 aliphatic carbocycles. The van der Waals surface area contributed by atoms with Gasteiger partial charge >= 0.3 is 0 Å². The minimum atomic E-state index is -0.115. The van der Waals surface area contributed by atoms with E-state index in [9.17, 15) is 4.79 Å². The van der Waals surface area contributed by atoms with E-state index in [0.29, 0.717) is 11.3 Å². The lowest BCUT2D eigenvalue weighted by Crippen LogP contribution is -2.19. The monoisotopic (exact) mass is 219 g/mol. The second-order valence-electron chi connectivity index (χ2n) is 4.57. The fraction of sp³-hybridized carbons (Fsp3) is 0.417. The van der Waals surface area contributed by atoms with Crippen LogP contribution in [0.4, 0.5) is 11.4 Å². The van der Waals surface area contributed by atoms with E-state index in [-0.39, 0.29) is 11.4 Å². The second-order valence-corrected chi connectivity index (χ2v) is 4.57. The Hall–Kier alpha value is -1.71. The number of nitrogens with two attached hydrogens (primary N) is 1. The molecule has 1 aromatic carbocycles. The molecule has 0 aromatic heterocycles. The van der Waals surface area contributed by atoms with Gasteiger partial charge < -0.3 is 16.4 Å². The van der Waals surface area contributed by atoms with Crippen molar-refractivity contribution in [2.24, 2.45) is 0 Å². The fourth-order valence-corrected chi connectivity index (χ4v) is 1.60. The summed E-state index contributed by atoms with van der Waals surface area (Å²) in [5.74, 6) is -0.115. The number of carbonyl (C=O) groups is 1. The molecule has 0 aliphatic heterocycles. The first-order valence-electron chi connectivity index (χ1n) is 5.44. The Labute approximate surface area is 95.2 Å². The quantitative estimate of drug-likeness (QED) is 0.676. The van der Waals surface area contributed by atoms with E-state index in [4.69, 9.17) is 5.73 Å². The molecule has 1 aliphatic rings. The van der Waals surface area contributed by atoms with Gasteiger partial charge in [-0.1, -0.05) is 0 Å². The van der Waals surface area contributed by atoms with E-state index >= 15 is 0 Å². The van der Waals surface area contributed by atoms with Crippen LogP contribution < -0.4 is 16.4 Å². The highest BCUT2D eigenvalue weighted by Gasteiger charge is 2.37. The Morgan fingerprint density at radius 3 is 2.62 bits per heavy atom. The van der Waals surface area contributed by atoms with Crippen LogP contribution in [0, 0.1) is 0 Å². The van der Waals surface area contributed by atoms with Crippen molar-refractivity contribution >= 4 is 17.3 Å². The Morgan fingerprint density at radius 2 is 2.12 bits per heavy atom. The second kappa shape index (κ2) is 3.70. The zero-order valence-electron chi connectivity index (χ0n) is 9.63. The van der Waals surface area contributed by atoms with Crippen molar-refractivity contribution in [1.82, 2.24) is 5.32 Å². The molecule has 86 valence electrons. The molecule has 0 saturated heterocycles. The van der Waals surface area contributed by atoms with Crippen molar-refractivity contribution in [3.63, 3.8) is 0 Å². The molecule has 0 heterocycles. The number of nitrogens with one attached hydrogen (secondary N) is 2. The molecule has 0 bridgehead atoms. The molecular weight excluding hydrogens is 202 g/mol. The lowest BCUT2D eigenvalue weighted by molar-refractivity contribution is 0.0963. The normalized spacial score (nSPS) is 16.6. The molecule has 0 radical (unpaired) electrons. The Balaban J connectivity index is 2.19. The highest BCUT2D eigenvalue weighted by Crippen LogP contribution is 2.39. The summed E-state index contributed by atoms with van der Waals surface area (Å²) in [6.07, 6.45) is 2.34. The average molecular weight is 219 g/mol. The van der Waals surface area contributed by atoms with E-state index in [1.165, 1.54) is 12.8 Å². The standard InChI is InChI=1S/C12H17N3O/c1-12(5-6-12)15-10-4-3-8(7-9(10)13)11(16)14-2/h3-4,7,15H,5-6,13H2,1-2H3,(H,14,16). The smallest absolute Gasteiger partial charge is 0.251 e. The van der Waals surface area contributed by atoms with Gasteiger partial charge in [0.25, 0.3) is 5.91 Å². The third-order valence-corrected chi connectivity index (χ3v) is 2.98. The number of rotatable bonds is 3. The number of hydrogen-bond donors (Lipinski definition) is 3. The van der Waals surface area contributed by atoms with E-state index < -0.39 is 0 Å². The van der Waals surface area contributed by atoms with Crippen molar-refractivity contribution in [2.45, 2.75) is 25.3 Å². The topological polar surface area (TPSA) is 67.2 Å². The predicted octanol–water partition coefficient (Wildman–Crippen LogP) is 1.59. The Bertz CT molecular complexity index is 424. The van der Waals surface area contributed by atoms with Gasteiger partial charge in [0.05, 0.1) is 11.4 Å². The molecule has 16 heavy (non-hydrogen) atoms. The van der Waals surface area contributed by atoms with Crippen molar-refractivity contribution < 1.29 is 4.79 Å². The number of anilines is 2. The molecule has 0 spiro atoms. The molecule has 1 aromatic rings. The maximum atomic E-state index is 11.4. The third kappa shape index (κ3) is 2.10. The first-order valence-corrected chi connectivity index (χ1v) is 5.44. The van der Waals surface area contributed by atoms with Gasteiger partial charge in [-0.3, -0.25) is 4.79 Å². The van der Waals surface area contributed by atoms with Gasteiger partial charge in [-0.25, -0.2) is 0 Å². The maximum absolute atomic E-state index is 11.4. The lowest BCUT2D eigenvalue weighted by Gasteiger charge is -2.15. The largest absolute Gasteiger partial charge is 0.397 e. The first kappa shape index (κ1) is 10.8. The van der Waals surface area contributed by atoms with E-state index in [2.05, 4.69) is 17.6 Å². The highest BCUT2D eigenvalue weighted by molar-refractivity contribution is 5.95. The number of carbonyl (C=O) groups excluding carboxylic acids is 1. The molecule has 4 N–H and O–H groups in total. The lowest BCUT2D eigenvalue weighted by atomic mass is 10.1. The molecule has 2 rings (SSSR count). The summed E-state index contributed by atoms with van der Waals surface area (Å²) in [4.78, 5) is 11.4. The summed E-state index contributed by atoms with van der Waals surface area (Å²) < 4.78 is 0. The van der Waals surface area contributed by atoms with Gasteiger partial charge in [0.15, 0.2) is 0 Å². The minimum Gasteiger partial charge on any atom is -0.397 e. The van der Waals surface area contributed by atoms with Crippen LogP contribution >= 0.6 is 0 Å². The summed E-state index contributed by atoms with van der Waals surface area (Å²) in [6.45, 7) is 2.17. The summed E-state index contributed by atoms with van der Waals surface area (Å²) in [7, 11) is 1.61. The molecule has 1 fully saturated rings. The van der Waals surface area contributed by atoms with Crippen molar-refractivity contribution in [1.29, 1.82) is 0 Å². The van der Waals surface area contributed by atoms with Crippen LogP contribution in [0.1, 0.15) is 30.1 Å². The van der Waals surface area contributed by atoms with E-state index in [0.717, 1.165) is 5.69 Å². The minimum absolute atomic E-state index is 0.115. The number of hydrogen-bond acceptors (Lipinski definition) is 3. The molecule has 0 unspecified atom stereocenters. The first-order chi connectivity index (χ1) is 7.54. The van der Waals surface area contributed by atoms with Gasteiger partial charge in [-0.05, 0) is 38.0 Å². The van der Waals surface area contributed by atoms with Gasteiger partial charge in [0, 0.05) is 18.2 Å². The van der Waals surface area contributed by atoms with Crippen LogP contribution in [0.15, 0.2) is 18.2 Å². The molecule has 4 heteroatoms. The van der Waals surface area contributed by atoms with Crippen LogP contribution in [0.5, 0.6) is 0 Å². The van der Waals surface area contributed by atoms with Gasteiger partial charge in [0.1, 0.15) is 0 Å². The molecule has 4 nitrogen and oxygen atoms in total. The van der Waals surface area contributed by atoms with E-state index in [1.54, 1.807) is 19.2 Å². The molecule has 1 amide bonds. The molecule has 1 saturated carbocycles. The fourth-order valence-electron chi connectivity index (χ4n) is 1.60. The van der Waals surface area contributed by atoms with Crippen molar-refractivity contribution in [3.05, 3.63) is 23.8 Å². The van der Waals surface area contributed by atoms with E-state index in [1.807, 2.05) is 6.07 Å². The van der Waals surface area contributed by atoms with Crippen LogP contribution in [0.25, 0.3) is 0 Å². The van der Waals surface area contributed by atoms with Crippen LogP contribution in [0.2, 0.25) is 0 Å². The number of benzene rings is 1. The van der Waals surface area contributed by atoms with Gasteiger partial charge in [-0.15, -0.1) is 0 Å². The Morgan fingerprint density at radius 1 is 1.44 bits per heavy atom. The summed E-state index contributed by atoms with van der Waals surface area (Å²) in [6, 6.07) is 5.35. The number of amides is 1. The van der Waals surface area contributed by atoms with Crippen LogP contribution in [-0.2, 0) is 0 Å². The predicted molar refractivity (Wildman–Crippen MR) is 65.5 cm³/mol.